The van der Waals surface area contributed by atoms with Crippen LogP contribution in [0.1, 0.15) is 19.8 Å². The van der Waals surface area contributed by atoms with Gasteiger partial charge >= 0.3 is 6.18 Å². The molecule has 3 unspecified atom stereocenters. The summed E-state index contributed by atoms with van der Waals surface area (Å²) in [4.78, 5) is 10.4. The van der Waals surface area contributed by atoms with E-state index in [1.807, 2.05) is 19.7 Å². The van der Waals surface area contributed by atoms with Crippen molar-refractivity contribution in [2.75, 3.05) is 23.8 Å². The minimum atomic E-state index is -4.13. The van der Waals surface area contributed by atoms with Crippen LogP contribution in [0.3, 0.4) is 0 Å². The van der Waals surface area contributed by atoms with Crippen LogP contribution >= 0.6 is 11.6 Å². The minimum Gasteiger partial charge on any atom is -0.373 e. The van der Waals surface area contributed by atoms with Gasteiger partial charge in [0.05, 0.1) is 5.92 Å². The zero-order valence-electron chi connectivity index (χ0n) is 13.8. The monoisotopic (exact) mass is 358 g/mol. The summed E-state index contributed by atoms with van der Waals surface area (Å²) in [6.45, 7) is 6.23. The summed E-state index contributed by atoms with van der Waals surface area (Å²) in [7, 11) is 3.57. The van der Waals surface area contributed by atoms with Crippen LogP contribution < -0.4 is 15.7 Å². The van der Waals surface area contributed by atoms with Crippen molar-refractivity contribution in [3.05, 3.63) is 17.4 Å². The van der Waals surface area contributed by atoms with E-state index in [2.05, 4.69) is 21.9 Å². The van der Waals surface area contributed by atoms with Crippen LogP contribution in [0.25, 0.3) is 0 Å². The van der Waals surface area contributed by atoms with E-state index >= 15 is 0 Å². The normalized spacial score (nSPS) is 27.9. The van der Waals surface area contributed by atoms with E-state index in [4.69, 9.17) is 11.6 Å². The van der Waals surface area contributed by atoms with E-state index in [0.29, 0.717) is 24.6 Å². The molecule has 2 aliphatic rings. The topological polar surface area (TPSA) is 41.1 Å². The zero-order valence-corrected chi connectivity index (χ0v) is 14.6. The Bertz CT molecular complexity index is 696. The van der Waals surface area contributed by atoms with Gasteiger partial charge < -0.3 is 10.2 Å². The molecule has 2 aliphatic carbocycles. The molecule has 24 heavy (non-hydrogen) atoms. The molecule has 9 heteroatoms. The predicted molar refractivity (Wildman–Crippen MR) is 91.9 cm³/mol. The number of nitrogens with one attached hydrogen (secondary N) is 1. The van der Waals surface area contributed by atoms with Gasteiger partial charge in [-0.1, -0.05) is 12.2 Å². The van der Waals surface area contributed by atoms with Crippen molar-refractivity contribution in [1.29, 1.82) is 0 Å². The van der Waals surface area contributed by atoms with Crippen LogP contribution in [-0.2, 0) is 0 Å². The number of hydrogen-bond acceptors (Lipinski definition) is 4. The second-order valence-corrected chi connectivity index (χ2v) is 7.19. The second-order valence-electron chi connectivity index (χ2n) is 6.85. The Labute approximate surface area is 144 Å². The summed E-state index contributed by atoms with van der Waals surface area (Å²) in [5.74, 6) is -0.419. The third-order valence-electron chi connectivity index (χ3n) is 5.13. The van der Waals surface area contributed by atoms with Gasteiger partial charge in [-0.15, -0.1) is 0 Å². The molecule has 130 valence electrons. The van der Waals surface area contributed by atoms with Gasteiger partial charge in [0, 0.05) is 19.1 Å². The fourth-order valence-electron chi connectivity index (χ4n) is 3.90. The first-order chi connectivity index (χ1) is 11.1. The number of hydrogen-bond donors (Lipinski definition) is 1. The molecule has 4 nitrogen and oxygen atoms in total. The highest BCUT2D eigenvalue weighted by molar-refractivity contribution is 6.39. The molecule has 1 N–H and O–H groups in total. The number of aromatic nitrogens is 2. The molecule has 1 aromatic rings. The number of rotatable bonds is 5. The lowest BCUT2D eigenvalue weighted by atomic mass is 9.78. The van der Waals surface area contributed by atoms with Crippen molar-refractivity contribution >= 4 is 36.5 Å². The lowest BCUT2D eigenvalue weighted by Gasteiger charge is -2.45. The molecule has 0 bridgehead atoms. The van der Waals surface area contributed by atoms with Crippen molar-refractivity contribution in [3.8, 4) is 0 Å². The molecule has 0 radical (unpaired) electrons. The largest absolute Gasteiger partial charge is 0.392 e. The van der Waals surface area contributed by atoms with Gasteiger partial charge in [-0.05, 0) is 42.7 Å². The van der Waals surface area contributed by atoms with Crippen LogP contribution in [0.4, 0.5) is 24.8 Å². The van der Waals surface area contributed by atoms with Gasteiger partial charge in [-0.25, -0.2) is 9.97 Å². The lowest BCUT2D eigenvalue weighted by molar-refractivity contribution is -0.200. The van der Waals surface area contributed by atoms with E-state index in [0.717, 1.165) is 11.0 Å². The maximum atomic E-state index is 13.0. The Morgan fingerprint density at radius 3 is 2.62 bits per heavy atom. The quantitative estimate of drug-likeness (QED) is 0.497. The fraction of sp³-hybridized carbons (Fsp3) is 0.600. The van der Waals surface area contributed by atoms with Crippen LogP contribution in [0.15, 0.2) is 12.2 Å². The van der Waals surface area contributed by atoms with Crippen LogP contribution in [0.5, 0.6) is 0 Å². The number of anilines is 2. The molecule has 3 atom stereocenters. The van der Waals surface area contributed by atoms with Gasteiger partial charge in [0.15, 0.2) is 0 Å². The molecular weight excluding hydrogens is 339 g/mol. The summed E-state index contributed by atoms with van der Waals surface area (Å²) in [5.41, 5.74) is 1.16. The van der Waals surface area contributed by atoms with E-state index < -0.39 is 17.6 Å². The maximum Gasteiger partial charge on any atom is 0.392 e. The van der Waals surface area contributed by atoms with Gasteiger partial charge in [-0.2, -0.15) is 13.2 Å². The van der Waals surface area contributed by atoms with Gasteiger partial charge in [0.25, 0.3) is 0 Å². The highest BCUT2D eigenvalue weighted by Gasteiger charge is 2.76. The number of nitrogens with zero attached hydrogens (tertiary/aromatic N) is 3. The van der Waals surface area contributed by atoms with Crippen LogP contribution in [0.2, 0.25) is 5.28 Å². The number of alkyl halides is 3. The standard InChI is InChI=1S/C15H19BClF3N4/c1-7(2)6-24(12-10(16)11(21-3)22-13(17)23-12)14-4-8(14)9(5-14)15(18,19)20/h8-9H,1,4-6,16H2,2-3H3,(H,21,22,23). The van der Waals surface area contributed by atoms with Crippen LogP contribution in [-0.4, -0.2) is 43.1 Å². The average Bonchev–Trinajstić information content (AvgIpc) is 3.01. The molecule has 0 spiro atoms. The fourth-order valence-corrected chi connectivity index (χ4v) is 4.06. The molecule has 2 saturated carbocycles. The molecule has 1 heterocycles. The second kappa shape index (κ2) is 5.54. The smallest absolute Gasteiger partial charge is 0.373 e. The van der Waals surface area contributed by atoms with E-state index in [1.54, 1.807) is 7.05 Å². The summed E-state index contributed by atoms with van der Waals surface area (Å²) >= 11 is 6.02. The Morgan fingerprint density at radius 2 is 2.12 bits per heavy atom. The molecule has 0 aliphatic heterocycles. The van der Waals surface area contributed by atoms with E-state index in [1.165, 1.54) is 0 Å². The molecule has 3 rings (SSSR count). The first-order valence-electron chi connectivity index (χ1n) is 7.81. The average molecular weight is 359 g/mol. The van der Waals surface area contributed by atoms with Crippen molar-refractivity contribution < 1.29 is 13.2 Å². The molecule has 0 amide bonds. The minimum absolute atomic E-state index is 0.0759. The highest BCUT2D eigenvalue weighted by Crippen LogP contribution is 2.70. The van der Waals surface area contributed by atoms with Gasteiger partial charge in [0.1, 0.15) is 19.5 Å². The Hall–Kier alpha value is -1.44. The highest BCUT2D eigenvalue weighted by atomic mass is 35.5. The predicted octanol–water partition coefficient (Wildman–Crippen LogP) is 2.15. The van der Waals surface area contributed by atoms with Crippen molar-refractivity contribution in [2.45, 2.75) is 31.5 Å². The maximum absolute atomic E-state index is 13.0. The summed E-state index contributed by atoms with van der Waals surface area (Å²) in [6.07, 6.45) is -3.50. The van der Waals surface area contributed by atoms with Gasteiger partial charge in [0.2, 0.25) is 5.28 Å². The SMILES string of the molecule is Bc1c(NC)nc(Cl)nc1N(CC(=C)C)C12CC(C(F)(F)F)C1C2. The lowest BCUT2D eigenvalue weighted by Crippen LogP contribution is -2.53. The van der Waals surface area contributed by atoms with E-state index in [-0.39, 0.29) is 17.6 Å². The summed E-state index contributed by atoms with van der Waals surface area (Å²) in [5, 5.41) is 3.03. The van der Waals surface area contributed by atoms with Gasteiger partial charge in [-0.3, -0.25) is 0 Å². The third-order valence-corrected chi connectivity index (χ3v) is 5.30. The molecule has 0 aromatic carbocycles. The van der Waals surface area contributed by atoms with Crippen molar-refractivity contribution in [1.82, 2.24) is 9.97 Å². The van der Waals surface area contributed by atoms with Crippen molar-refractivity contribution in [2.24, 2.45) is 11.8 Å². The van der Waals surface area contributed by atoms with Crippen molar-refractivity contribution in [3.63, 3.8) is 0 Å². The zero-order chi connectivity index (χ0) is 17.9. The summed E-state index contributed by atoms with van der Waals surface area (Å²) in [6, 6.07) is 0. The molecule has 2 fully saturated rings. The summed E-state index contributed by atoms with van der Waals surface area (Å²) < 4.78 is 39.1. The Morgan fingerprint density at radius 1 is 1.46 bits per heavy atom. The first kappa shape index (κ1) is 17.4. The Balaban J connectivity index is 1.97. The number of halogens is 4. The van der Waals surface area contributed by atoms with Crippen LogP contribution in [0, 0.1) is 11.8 Å². The number of fused-ring (bicyclic) bond motifs is 1. The molecule has 0 saturated heterocycles. The molecule has 1 aromatic heterocycles. The van der Waals surface area contributed by atoms with E-state index in [9.17, 15) is 13.2 Å². The first-order valence-corrected chi connectivity index (χ1v) is 8.18. The Kier molecular flexibility index (Phi) is 4.02. The third kappa shape index (κ3) is 2.64. The molecular formula is C15H19BClF3N4.